The fourth-order valence-electron chi connectivity index (χ4n) is 4.02. The molecule has 0 saturated heterocycles. The third-order valence-corrected chi connectivity index (χ3v) is 5.10. The summed E-state index contributed by atoms with van der Waals surface area (Å²) in [6.45, 7) is 4.48. The maximum Gasteiger partial charge on any atom is 0.0488 e. The van der Waals surface area contributed by atoms with Crippen LogP contribution < -0.4 is 5.32 Å². The van der Waals surface area contributed by atoms with E-state index >= 15 is 0 Å². The zero-order chi connectivity index (χ0) is 13.9. The molecule has 1 N–H and O–H groups in total. The van der Waals surface area contributed by atoms with Crippen LogP contribution >= 0.6 is 0 Å². The highest BCUT2D eigenvalue weighted by molar-refractivity contribution is 5.89. The summed E-state index contributed by atoms with van der Waals surface area (Å²) in [5.41, 5.74) is 7.44. The minimum absolute atomic E-state index is 0.696. The second-order valence-corrected chi connectivity index (χ2v) is 6.84. The van der Waals surface area contributed by atoms with Gasteiger partial charge in [0.15, 0.2) is 0 Å². The van der Waals surface area contributed by atoms with Gasteiger partial charge in [-0.1, -0.05) is 6.07 Å². The van der Waals surface area contributed by atoms with Crippen LogP contribution in [0.15, 0.2) is 12.1 Å². The Kier molecular flexibility index (Phi) is 2.71. The van der Waals surface area contributed by atoms with Crippen LogP contribution in [0.5, 0.6) is 0 Å². The normalized spacial score (nSPS) is 22.2. The molecular formula is C18H24N2. The van der Waals surface area contributed by atoms with Crippen LogP contribution in [0.25, 0.3) is 10.9 Å². The maximum atomic E-state index is 3.83. The summed E-state index contributed by atoms with van der Waals surface area (Å²) in [6, 6.07) is 6.20. The van der Waals surface area contributed by atoms with Crippen LogP contribution in [-0.4, -0.2) is 16.7 Å². The number of hydrogen-bond donors (Lipinski definition) is 1. The van der Waals surface area contributed by atoms with Crippen LogP contribution in [-0.2, 0) is 19.9 Å². The predicted molar refractivity (Wildman–Crippen MR) is 84.4 cm³/mol. The van der Waals surface area contributed by atoms with E-state index in [-0.39, 0.29) is 0 Å². The van der Waals surface area contributed by atoms with Gasteiger partial charge in [0, 0.05) is 35.7 Å². The lowest BCUT2D eigenvalue weighted by atomic mass is 9.90. The summed E-state index contributed by atoms with van der Waals surface area (Å²) in [7, 11) is 2.24. The van der Waals surface area contributed by atoms with E-state index in [0.717, 1.165) is 6.04 Å². The van der Waals surface area contributed by atoms with E-state index in [1.54, 1.807) is 11.3 Å². The van der Waals surface area contributed by atoms with Crippen molar-refractivity contribution in [1.82, 2.24) is 9.88 Å². The number of fused-ring (bicyclic) bond motifs is 3. The SMILES string of the molecule is Cc1cc(C)c2c3c(n(C)c2c1)CCC(NC1CC1)C3. The third kappa shape index (κ3) is 1.89. The molecule has 106 valence electrons. The number of nitrogens with one attached hydrogen (secondary N) is 1. The minimum atomic E-state index is 0.696. The fraction of sp³-hybridized carbons (Fsp3) is 0.556. The van der Waals surface area contributed by atoms with Crippen molar-refractivity contribution < 1.29 is 0 Å². The van der Waals surface area contributed by atoms with Crippen molar-refractivity contribution in [2.75, 3.05) is 0 Å². The minimum Gasteiger partial charge on any atom is -0.347 e. The first-order valence-electron chi connectivity index (χ1n) is 7.97. The van der Waals surface area contributed by atoms with Gasteiger partial charge in [-0.05, 0) is 68.7 Å². The molecule has 2 aliphatic rings. The van der Waals surface area contributed by atoms with Gasteiger partial charge in [0.2, 0.25) is 0 Å². The van der Waals surface area contributed by atoms with Gasteiger partial charge in [0.1, 0.15) is 0 Å². The molecule has 1 fully saturated rings. The Hall–Kier alpha value is -1.28. The predicted octanol–water partition coefficient (Wildman–Crippen LogP) is 3.40. The Bertz CT molecular complexity index is 677. The van der Waals surface area contributed by atoms with Crippen molar-refractivity contribution in [3.63, 3.8) is 0 Å². The van der Waals surface area contributed by atoms with Gasteiger partial charge in [-0.2, -0.15) is 0 Å². The molecule has 4 rings (SSSR count). The summed E-state index contributed by atoms with van der Waals surface area (Å²) in [5.74, 6) is 0. The number of hydrogen-bond acceptors (Lipinski definition) is 1. The van der Waals surface area contributed by atoms with E-state index in [9.17, 15) is 0 Å². The Morgan fingerprint density at radius 1 is 1.10 bits per heavy atom. The van der Waals surface area contributed by atoms with Crippen molar-refractivity contribution >= 4 is 10.9 Å². The average Bonchev–Trinajstić information content (AvgIpc) is 3.16. The third-order valence-electron chi connectivity index (χ3n) is 5.10. The van der Waals surface area contributed by atoms with Crippen molar-refractivity contribution in [3.05, 3.63) is 34.5 Å². The van der Waals surface area contributed by atoms with Crippen LogP contribution in [0.3, 0.4) is 0 Å². The summed E-state index contributed by atoms with van der Waals surface area (Å²) < 4.78 is 2.44. The summed E-state index contributed by atoms with van der Waals surface area (Å²) in [6.07, 6.45) is 6.51. The second-order valence-electron chi connectivity index (χ2n) is 6.84. The van der Waals surface area contributed by atoms with E-state index < -0.39 is 0 Å². The number of aromatic nitrogens is 1. The molecule has 1 heterocycles. The van der Waals surface area contributed by atoms with Crippen LogP contribution in [0, 0.1) is 13.8 Å². The molecule has 1 aromatic heterocycles. The standard InChI is InChI=1S/C18H24N2/c1-11-8-12(2)18-15-10-14(19-13-4-5-13)6-7-16(15)20(3)17(18)9-11/h8-9,13-14,19H,4-7,10H2,1-3H3. The second kappa shape index (κ2) is 4.36. The van der Waals surface area contributed by atoms with Crippen LogP contribution in [0.2, 0.25) is 0 Å². The highest BCUT2D eigenvalue weighted by Gasteiger charge is 2.29. The molecule has 0 spiro atoms. The van der Waals surface area contributed by atoms with Gasteiger partial charge >= 0.3 is 0 Å². The largest absolute Gasteiger partial charge is 0.347 e. The van der Waals surface area contributed by atoms with Gasteiger partial charge < -0.3 is 9.88 Å². The molecule has 2 nitrogen and oxygen atoms in total. The molecule has 1 saturated carbocycles. The quantitative estimate of drug-likeness (QED) is 0.883. The molecule has 0 bridgehead atoms. The van der Waals surface area contributed by atoms with Gasteiger partial charge in [-0.15, -0.1) is 0 Å². The molecule has 0 aliphatic heterocycles. The van der Waals surface area contributed by atoms with E-state index in [1.807, 2.05) is 0 Å². The number of aryl methyl sites for hydroxylation is 3. The van der Waals surface area contributed by atoms with Crippen molar-refractivity contribution in [3.8, 4) is 0 Å². The highest BCUT2D eigenvalue weighted by Crippen LogP contribution is 2.35. The Labute approximate surface area is 121 Å². The Morgan fingerprint density at radius 2 is 1.90 bits per heavy atom. The lowest BCUT2D eigenvalue weighted by Crippen LogP contribution is -2.36. The molecule has 1 unspecified atom stereocenters. The van der Waals surface area contributed by atoms with E-state index in [1.165, 1.54) is 54.1 Å². The molecule has 0 amide bonds. The molecule has 20 heavy (non-hydrogen) atoms. The van der Waals surface area contributed by atoms with E-state index in [2.05, 4.69) is 42.9 Å². The first-order valence-corrected chi connectivity index (χ1v) is 7.97. The van der Waals surface area contributed by atoms with E-state index in [4.69, 9.17) is 0 Å². The molecule has 1 aromatic carbocycles. The van der Waals surface area contributed by atoms with Crippen molar-refractivity contribution in [2.24, 2.45) is 7.05 Å². The van der Waals surface area contributed by atoms with Gasteiger partial charge in [-0.3, -0.25) is 0 Å². The van der Waals surface area contributed by atoms with Gasteiger partial charge in [0.25, 0.3) is 0 Å². The van der Waals surface area contributed by atoms with Crippen molar-refractivity contribution in [1.29, 1.82) is 0 Å². The fourth-order valence-corrected chi connectivity index (χ4v) is 4.02. The first kappa shape index (κ1) is 12.5. The number of benzene rings is 1. The topological polar surface area (TPSA) is 17.0 Å². The molecule has 2 aliphatic carbocycles. The summed E-state index contributed by atoms with van der Waals surface area (Å²) in [4.78, 5) is 0. The average molecular weight is 268 g/mol. The lowest BCUT2D eigenvalue weighted by molar-refractivity contribution is 0.450. The number of nitrogens with zero attached hydrogens (tertiary/aromatic N) is 1. The molecule has 1 atom stereocenters. The summed E-state index contributed by atoms with van der Waals surface area (Å²) >= 11 is 0. The molecular weight excluding hydrogens is 244 g/mol. The zero-order valence-corrected chi connectivity index (χ0v) is 12.8. The highest BCUT2D eigenvalue weighted by atomic mass is 15.0. The van der Waals surface area contributed by atoms with Crippen molar-refractivity contribution in [2.45, 2.75) is 58.0 Å². The van der Waals surface area contributed by atoms with Gasteiger partial charge in [0.05, 0.1) is 0 Å². The number of rotatable bonds is 2. The maximum absolute atomic E-state index is 3.83. The molecule has 0 radical (unpaired) electrons. The zero-order valence-electron chi connectivity index (χ0n) is 12.8. The molecule has 2 heteroatoms. The lowest BCUT2D eigenvalue weighted by Gasteiger charge is -2.24. The Morgan fingerprint density at radius 3 is 2.65 bits per heavy atom. The van der Waals surface area contributed by atoms with Gasteiger partial charge in [-0.25, -0.2) is 0 Å². The van der Waals surface area contributed by atoms with E-state index in [0.29, 0.717) is 6.04 Å². The smallest absolute Gasteiger partial charge is 0.0488 e. The monoisotopic (exact) mass is 268 g/mol. The van der Waals surface area contributed by atoms with Crippen LogP contribution in [0.4, 0.5) is 0 Å². The summed E-state index contributed by atoms with van der Waals surface area (Å²) in [5, 5.41) is 5.35. The Balaban J connectivity index is 1.81. The molecule has 2 aromatic rings. The first-order chi connectivity index (χ1) is 9.63. The van der Waals surface area contributed by atoms with Crippen LogP contribution in [0.1, 0.15) is 41.6 Å².